The van der Waals surface area contributed by atoms with E-state index in [1.165, 1.54) is 16.5 Å². The largest absolute Gasteiger partial charge is 0.453 e. The monoisotopic (exact) mass is 343 g/mol. The number of fused-ring (bicyclic) bond motifs is 2. The van der Waals surface area contributed by atoms with Crippen LogP contribution in [0.3, 0.4) is 0 Å². The molecule has 0 atom stereocenters. The standard InChI is InChI=1S/C23H23N2O/c1-3-25(4-2)19-11-13-21-23(16-19)26-22-15-18(10-12-20(22)24-21)14-17-8-6-5-7-9-17/h5-13,15-16H,3-4,14H2,1-2H3/q+1. The van der Waals surface area contributed by atoms with Crippen molar-refractivity contribution in [2.24, 2.45) is 0 Å². The zero-order chi connectivity index (χ0) is 17.9. The van der Waals surface area contributed by atoms with E-state index in [0.29, 0.717) is 0 Å². The van der Waals surface area contributed by atoms with Crippen molar-refractivity contribution >= 4 is 11.1 Å². The molecule has 0 saturated carbocycles. The summed E-state index contributed by atoms with van der Waals surface area (Å²) < 4.78 is 8.53. The maximum atomic E-state index is 6.22. The molecule has 2 aromatic rings. The van der Waals surface area contributed by atoms with Crippen LogP contribution in [-0.4, -0.2) is 18.1 Å². The fourth-order valence-electron chi connectivity index (χ4n) is 3.38. The van der Waals surface area contributed by atoms with E-state index >= 15 is 0 Å². The molecule has 4 rings (SSSR count). The summed E-state index contributed by atoms with van der Waals surface area (Å²) in [6.07, 6.45) is 0.893. The summed E-state index contributed by atoms with van der Waals surface area (Å²) in [7, 11) is 0. The van der Waals surface area contributed by atoms with Crippen molar-refractivity contribution in [3.8, 4) is 11.5 Å². The maximum absolute atomic E-state index is 6.22. The van der Waals surface area contributed by atoms with Gasteiger partial charge in [-0.15, -0.1) is 0 Å². The molecule has 1 heterocycles. The van der Waals surface area contributed by atoms with Gasteiger partial charge in [-0.05, 0) is 49.6 Å². The minimum absolute atomic E-state index is 0.832. The first-order chi connectivity index (χ1) is 12.8. The van der Waals surface area contributed by atoms with Crippen LogP contribution in [0.2, 0.25) is 0 Å². The lowest BCUT2D eigenvalue weighted by atomic mass is 10.0. The van der Waals surface area contributed by atoms with Gasteiger partial charge < -0.3 is 4.42 Å². The second-order valence-corrected chi connectivity index (χ2v) is 6.50. The zero-order valence-electron chi connectivity index (χ0n) is 15.3. The van der Waals surface area contributed by atoms with Crippen molar-refractivity contribution in [3.63, 3.8) is 0 Å². The summed E-state index contributed by atoms with van der Waals surface area (Å²) >= 11 is 0. The second kappa shape index (κ2) is 7.12. The molecule has 130 valence electrons. The van der Waals surface area contributed by atoms with Gasteiger partial charge in [0.25, 0.3) is 0 Å². The van der Waals surface area contributed by atoms with Gasteiger partial charge in [0.1, 0.15) is 24.3 Å². The third-order valence-corrected chi connectivity index (χ3v) is 4.81. The van der Waals surface area contributed by atoms with E-state index in [-0.39, 0.29) is 0 Å². The number of aromatic nitrogens is 1. The number of rotatable bonds is 4. The first kappa shape index (κ1) is 16.5. The van der Waals surface area contributed by atoms with Crippen molar-refractivity contribution in [3.05, 3.63) is 83.2 Å². The van der Waals surface area contributed by atoms with Gasteiger partial charge in [-0.1, -0.05) is 36.4 Å². The lowest BCUT2D eigenvalue weighted by Gasteiger charge is -2.08. The minimum atomic E-state index is 0.832. The third-order valence-electron chi connectivity index (χ3n) is 4.81. The average Bonchev–Trinajstić information content (AvgIpc) is 2.68. The molecule has 0 amide bonds. The lowest BCUT2D eigenvalue weighted by molar-refractivity contribution is 0.599. The first-order valence-corrected chi connectivity index (χ1v) is 9.22. The summed E-state index contributed by atoms with van der Waals surface area (Å²) in [5.74, 6) is 0.832. The molecule has 0 radical (unpaired) electrons. The number of nitrogens with zero attached hydrogens (tertiary/aromatic N) is 2. The minimum Gasteiger partial charge on any atom is -0.453 e. The Labute approximate surface area is 153 Å². The van der Waals surface area contributed by atoms with Crippen LogP contribution in [0.5, 0.6) is 0 Å². The fourth-order valence-corrected chi connectivity index (χ4v) is 3.38. The molecule has 0 aromatic heterocycles. The van der Waals surface area contributed by atoms with Crippen LogP contribution in [0.15, 0.2) is 71.1 Å². The van der Waals surface area contributed by atoms with Crippen molar-refractivity contribution < 1.29 is 4.42 Å². The van der Waals surface area contributed by atoms with Crippen molar-refractivity contribution in [1.29, 1.82) is 0 Å². The van der Waals surface area contributed by atoms with Crippen molar-refractivity contribution in [2.75, 3.05) is 13.1 Å². The molecular weight excluding hydrogens is 320 g/mol. The van der Waals surface area contributed by atoms with E-state index in [1.54, 1.807) is 0 Å². The number of hydrogen-bond donors (Lipinski definition) is 0. The Balaban J connectivity index is 1.81. The van der Waals surface area contributed by atoms with Crippen molar-refractivity contribution in [2.45, 2.75) is 20.3 Å². The molecular formula is C23H23N2O+. The van der Waals surface area contributed by atoms with Crippen LogP contribution in [-0.2, 0) is 6.42 Å². The van der Waals surface area contributed by atoms with Gasteiger partial charge in [0, 0.05) is 6.07 Å². The molecule has 1 aliphatic carbocycles. The Hall–Kier alpha value is -2.94. The molecule has 0 fully saturated rings. The van der Waals surface area contributed by atoms with Gasteiger partial charge in [0.05, 0.1) is 6.07 Å². The molecule has 0 saturated heterocycles. The smallest absolute Gasteiger partial charge is 0.203 e. The highest BCUT2D eigenvalue weighted by molar-refractivity contribution is 5.76. The Bertz CT molecular complexity index is 1070. The van der Waals surface area contributed by atoms with Gasteiger partial charge in [-0.3, -0.25) is 0 Å². The van der Waals surface area contributed by atoms with Crippen LogP contribution in [0, 0.1) is 0 Å². The quantitative estimate of drug-likeness (QED) is 0.407. The van der Waals surface area contributed by atoms with Crippen LogP contribution in [0.1, 0.15) is 25.0 Å². The van der Waals surface area contributed by atoms with Gasteiger partial charge in [0.2, 0.25) is 5.36 Å². The molecule has 1 aliphatic heterocycles. The van der Waals surface area contributed by atoms with E-state index in [4.69, 9.17) is 9.40 Å². The summed E-state index contributed by atoms with van der Waals surface area (Å²) in [6.45, 7) is 6.28. The Kier molecular flexibility index (Phi) is 4.53. The molecule has 0 N–H and O–H groups in total. The zero-order valence-corrected chi connectivity index (χ0v) is 15.3. The van der Waals surface area contributed by atoms with Gasteiger partial charge >= 0.3 is 0 Å². The summed E-state index contributed by atoms with van der Waals surface area (Å²) in [5.41, 5.74) is 5.15. The molecule has 2 aromatic carbocycles. The first-order valence-electron chi connectivity index (χ1n) is 9.22. The lowest BCUT2D eigenvalue weighted by Crippen LogP contribution is -2.29. The topological polar surface area (TPSA) is 29.0 Å². The van der Waals surface area contributed by atoms with Gasteiger partial charge in [-0.2, -0.15) is 0 Å². The van der Waals surface area contributed by atoms with E-state index in [0.717, 1.165) is 42.1 Å². The average molecular weight is 343 g/mol. The van der Waals surface area contributed by atoms with E-state index in [1.807, 2.05) is 12.1 Å². The van der Waals surface area contributed by atoms with Crippen LogP contribution in [0.25, 0.3) is 22.6 Å². The van der Waals surface area contributed by atoms with Gasteiger partial charge in [-0.25, -0.2) is 9.56 Å². The Morgan fingerprint density at radius 3 is 2.42 bits per heavy atom. The summed E-state index contributed by atoms with van der Waals surface area (Å²) in [6, 6.07) is 23.0. The summed E-state index contributed by atoms with van der Waals surface area (Å²) in [4.78, 5) is 4.77. The Morgan fingerprint density at radius 2 is 1.65 bits per heavy atom. The molecule has 0 bridgehead atoms. The van der Waals surface area contributed by atoms with Gasteiger partial charge in [0.15, 0.2) is 11.3 Å². The molecule has 0 unspecified atom stereocenters. The van der Waals surface area contributed by atoms with E-state index in [2.05, 4.69) is 73.0 Å². The SMILES string of the molecule is CC[N+](CC)=c1ccc2nc3ccc(Cc4ccccc4)cc3oc-2c1. The fraction of sp³-hybridized carbons (Fsp3) is 0.217. The highest BCUT2D eigenvalue weighted by Gasteiger charge is 2.12. The van der Waals surface area contributed by atoms with Crippen LogP contribution >= 0.6 is 0 Å². The van der Waals surface area contributed by atoms with Crippen LogP contribution < -0.4 is 9.93 Å². The highest BCUT2D eigenvalue weighted by atomic mass is 16.3. The molecule has 3 heteroatoms. The second-order valence-electron chi connectivity index (χ2n) is 6.50. The summed E-state index contributed by atoms with van der Waals surface area (Å²) in [5, 5.41) is 1.17. The molecule has 26 heavy (non-hydrogen) atoms. The van der Waals surface area contributed by atoms with Crippen LogP contribution in [0.4, 0.5) is 0 Å². The highest BCUT2D eigenvalue weighted by Crippen LogP contribution is 2.24. The number of hydrogen-bond acceptors (Lipinski definition) is 2. The molecule has 2 aliphatic rings. The molecule has 0 spiro atoms. The predicted octanol–water partition coefficient (Wildman–Crippen LogP) is 4.34. The third kappa shape index (κ3) is 3.25. The normalized spacial score (nSPS) is 11.2. The molecule has 3 nitrogen and oxygen atoms in total. The van der Waals surface area contributed by atoms with E-state index < -0.39 is 0 Å². The van der Waals surface area contributed by atoms with Crippen molar-refractivity contribution in [1.82, 2.24) is 9.56 Å². The number of benzene rings is 3. The Morgan fingerprint density at radius 1 is 0.846 bits per heavy atom. The maximum Gasteiger partial charge on any atom is 0.203 e. The predicted molar refractivity (Wildman–Crippen MR) is 106 cm³/mol. The van der Waals surface area contributed by atoms with E-state index in [9.17, 15) is 0 Å².